The third kappa shape index (κ3) is 3.74. The van der Waals surface area contributed by atoms with E-state index in [4.69, 9.17) is 4.74 Å². The van der Waals surface area contributed by atoms with Crippen molar-refractivity contribution in [2.45, 2.75) is 13.1 Å². The van der Waals surface area contributed by atoms with Gasteiger partial charge in [-0.2, -0.15) is 18.2 Å². The monoisotopic (exact) mass is 360 g/mol. The summed E-state index contributed by atoms with van der Waals surface area (Å²) in [6.45, 7) is 1.89. The number of methoxy groups -OCH3 is 1. The van der Waals surface area contributed by atoms with E-state index >= 15 is 0 Å². The van der Waals surface area contributed by atoms with Crippen LogP contribution in [-0.2, 0) is 6.18 Å². The quantitative estimate of drug-likeness (QED) is 0.736. The molecule has 5 nitrogen and oxygen atoms in total. The molecule has 0 spiro atoms. The molecule has 8 heteroatoms. The Kier molecular flexibility index (Phi) is 4.75. The molecule has 2 aromatic heterocycles. The highest BCUT2D eigenvalue weighted by molar-refractivity contribution is 5.66. The lowest BCUT2D eigenvalue weighted by molar-refractivity contribution is -0.138. The van der Waals surface area contributed by atoms with E-state index in [0.29, 0.717) is 11.3 Å². The number of rotatable bonds is 4. The van der Waals surface area contributed by atoms with Gasteiger partial charge in [-0.15, -0.1) is 0 Å². The van der Waals surface area contributed by atoms with Crippen molar-refractivity contribution >= 4 is 11.5 Å². The number of alkyl halides is 3. The molecule has 2 heterocycles. The number of benzene rings is 1. The average molecular weight is 360 g/mol. The highest BCUT2D eigenvalue weighted by Crippen LogP contribution is 2.41. The van der Waals surface area contributed by atoms with Crippen molar-refractivity contribution in [1.82, 2.24) is 15.0 Å². The third-order valence-electron chi connectivity index (χ3n) is 3.59. The molecule has 3 rings (SSSR count). The van der Waals surface area contributed by atoms with Crippen LogP contribution in [0, 0.1) is 6.92 Å². The lowest BCUT2D eigenvalue weighted by Crippen LogP contribution is -2.14. The van der Waals surface area contributed by atoms with Crippen LogP contribution in [0.25, 0.3) is 11.4 Å². The maximum atomic E-state index is 13.6. The molecule has 0 aliphatic carbocycles. The molecule has 0 fully saturated rings. The van der Waals surface area contributed by atoms with Crippen LogP contribution in [-0.4, -0.2) is 22.1 Å². The van der Waals surface area contributed by atoms with Gasteiger partial charge >= 0.3 is 6.18 Å². The molecule has 26 heavy (non-hydrogen) atoms. The number of hydrogen-bond acceptors (Lipinski definition) is 5. The van der Waals surface area contributed by atoms with Crippen molar-refractivity contribution in [2.24, 2.45) is 0 Å². The topological polar surface area (TPSA) is 59.9 Å². The predicted octanol–water partition coefficient (Wildman–Crippen LogP) is 4.62. The van der Waals surface area contributed by atoms with E-state index < -0.39 is 17.6 Å². The fourth-order valence-electron chi connectivity index (χ4n) is 2.33. The van der Waals surface area contributed by atoms with E-state index in [1.807, 2.05) is 6.92 Å². The molecule has 0 saturated heterocycles. The van der Waals surface area contributed by atoms with Crippen molar-refractivity contribution in [3.63, 3.8) is 0 Å². The number of nitrogens with one attached hydrogen (secondary N) is 1. The number of nitrogens with zero attached hydrogens (tertiary/aromatic N) is 3. The minimum atomic E-state index is -4.69. The maximum Gasteiger partial charge on any atom is 0.425 e. The molecule has 0 aliphatic rings. The molecule has 0 bridgehead atoms. The summed E-state index contributed by atoms with van der Waals surface area (Å²) in [5.41, 5.74) is 0.876. The van der Waals surface area contributed by atoms with E-state index in [-0.39, 0.29) is 11.6 Å². The maximum absolute atomic E-state index is 13.6. The van der Waals surface area contributed by atoms with Gasteiger partial charge in [0.15, 0.2) is 17.2 Å². The zero-order valence-corrected chi connectivity index (χ0v) is 14.0. The van der Waals surface area contributed by atoms with E-state index in [0.717, 1.165) is 12.7 Å². The summed E-state index contributed by atoms with van der Waals surface area (Å²) in [6.07, 6.45) is -1.67. The number of halogens is 3. The van der Waals surface area contributed by atoms with Crippen LogP contribution < -0.4 is 10.1 Å². The number of aryl methyl sites for hydroxylation is 1. The van der Waals surface area contributed by atoms with E-state index in [9.17, 15) is 13.2 Å². The van der Waals surface area contributed by atoms with E-state index in [1.54, 1.807) is 42.6 Å². The molecule has 1 aromatic carbocycles. The highest BCUT2D eigenvalue weighted by atomic mass is 19.4. The van der Waals surface area contributed by atoms with Crippen molar-refractivity contribution < 1.29 is 17.9 Å². The molecule has 0 saturated carbocycles. The van der Waals surface area contributed by atoms with Gasteiger partial charge in [0, 0.05) is 23.6 Å². The normalized spacial score (nSPS) is 11.3. The molecule has 134 valence electrons. The Morgan fingerprint density at radius 3 is 2.35 bits per heavy atom. The molecule has 0 atom stereocenters. The van der Waals surface area contributed by atoms with Crippen LogP contribution in [0.1, 0.15) is 11.1 Å². The fraction of sp³-hybridized carbons (Fsp3) is 0.167. The van der Waals surface area contributed by atoms with Crippen molar-refractivity contribution in [2.75, 3.05) is 12.4 Å². The third-order valence-corrected chi connectivity index (χ3v) is 3.59. The summed E-state index contributed by atoms with van der Waals surface area (Å²) in [5, 5.41) is 2.72. The Labute approximate surface area is 147 Å². The lowest BCUT2D eigenvalue weighted by atomic mass is 10.2. The molecule has 0 unspecified atom stereocenters. The van der Waals surface area contributed by atoms with Gasteiger partial charge in [0.1, 0.15) is 0 Å². The first-order chi connectivity index (χ1) is 12.4. The molecular weight excluding hydrogens is 345 g/mol. The largest absolute Gasteiger partial charge is 0.480 e. The second kappa shape index (κ2) is 6.99. The van der Waals surface area contributed by atoms with Gasteiger partial charge in [0.25, 0.3) is 0 Å². The van der Waals surface area contributed by atoms with Gasteiger partial charge in [-0.05, 0) is 31.2 Å². The van der Waals surface area contributed by atoms with E-state index in [1.165, 1.54) is 6.20 Å². The summed E-state index contributed by atoms with van der Waals surface area (Å²) in [7, 11) is 1.14. The number of ether oxygens (including phenoxy) is 1. The molecule has 0 radical (unpaired) electrons. The van der Waals surface area contributed by atoms with Crippen LogP contribution in [0.4, 0.5) is 24.7 Å². The number of aromatic nitrogens is 3. The first kappa shape index (κ1) is 17.7. The van der Waals surface area contributed by atoms with E-state index in [2.05, 4.69) is 20.3 Å². The Bertz CT molecular complexity index is 897. The Morgan fingerprint density at radius 2 is 1.77 bits per heavy atom. The fourth-order valence-corrected chi connectivity index (χ4v) is 2.33. The standard InChI is InChI=1S/C18H15F3N4O/c1-11-5-7-13(8-6-11)23-16-14(18(19,20)21)17(26-2)25-15(24-16)12-4-3-9-22-10-12/h3-10H,1-2H3,(H,23,24,25). The first-order valence-electron chi connectivity index (χ1n) is 7.66. The average Bonchev–Trinajstić information content (AvgIpc) is 2.62. The van der Waals surface area contributed by atoms with Gasteiger partial charge in [0.2, 0.25) is 5.88 Å². The molecule has 1 N–H and O–H groups in total. The lowest BCUT2D eigenvalue weighted by Gasteiger charge is -2.17. The summed E-state index contributed by atoms with van der Waals surface area (Å²) in [4.78, 5) is 11.9. The molecule has 0 aliphatic heterocycles. The number of pyridine rings is 1. The van der Waals surface area contributed by atoms with Crippen LogP contribution in [0.15, 0.2) is 48.8 Å². The summed E-state index contributed by atoms with van der Waals surface area (Å²) < 4.78 is 45.7. The van der Waals surface area contributed by atoms with Gasteiger partial charge in [-0.1, -0.05) is 17.7 Å². The predicted molar refractivity (Wildman–Crippen MR) is 91.3 cm³/mol. The second-order valence-corrected chi connectivity index (χ2v) is 5.51. The SMILES string of the molecule is COc1nc(-c2cccnc2)nc(Nc2ccc(C)cc2)c1C(F)(F)F. The van der Waals surface area contributed by atoms with Crippen molar-refractivity contribution in [3.05, 3.63) is 59.9 Å². The molecule has 3 aromatic rings. The zero-order chi connectivity index (χ0) is 18.7. The summed E-state index contributed by atoms with van der Waals surface area (Å²) >= 11 is 0. The summed E-state index contributed by atoms with van der Waals surface area (Å²) in [6, 6.07) is 10.2. The van der Waals surface area contributed by atoms with Gasteiger partial charge in [-0.25, -0.2) is 4.98 Å². The van der Waals surface area contributed by atoms with Crippen molar-refractivity contribution in [1.29, 1.82) is 0 Å². The van der Waals surface area contributed by atoms with Gasteiger partial charge in [0.05, 0.1) is 7.11 Å². The minimum Gasteiger partial charge on any atom is -0.480 e. The van der Waals surface area contributed by atoms with Crippen LogP contribution in [0.5, 0.6) is 5.88 Å². The number of hydrogen-bond donors (Lipinski definition) is 1. The number of anilines is 2. The van der Waals surface area contributed by atoms with Gasteiger partial charge in [-0.3, -0.25) is 4.98 Å². The minimum absolute atomic E-state index is 0.0811. The van der Waals surface area contributed by atoms with Gasteiger partial charge < -0.3 is 10.1 Å². The Morgan fingerprint density at radius 1 is 1.04 bits per heavy atom. The van der Waals surface area contributed by atoms with Crippen LogP contribution in [0.3, 0.4) is 0 Å². The first-order valence-corrected chi connectivity index (χ1v) is 7.66. The molecular formula is C18H15F3N4O. The Balaban J connectivity index is 2.16. The van der Waals surface area contributed by atoms with Crippen molar-refractivity contribution in [3.8, 4) is 17.3 Å². The second-order valence-electron chi connectivity index (χ2n) is 5.51. The van der Waals surface area contributed by atoms with Crippen LogP contribution >= 0.6 is 0 Å². The highest BCUT2D eigenvalue weighted by Gasteiger charge is 2.40. The Hall–Kier alpha value is -3.16. The van der Waals surface area contributed by atoms with Crippen LogP contribution in [0.2, 0.25) is 0 Å². The summed E-state index contributed by atoms with van der Waals surface area (Å²) in [5.74, 6) is -0.856. The zero-order valence-electron chi connectivity index (χ0n) is 14.0. The molecule has 0 amide bonds. The smallest absolute Gasteiger partial charge is 0.425 e.